The molecular weight excluding hydrogens is 178 g/mol. The second kappa shape index (κ2) is 5.75. The van der Waals surface area contributed by atoms with Crippen LogP contribution < -0.4 is 5.73 Å². The summed E-state index contributed by atoms with van der Waals surface area (Å²) < 4.78 is 5.04. The molecule has 14 heavy (non-hydrogen) atoms. The third-order valence-corrected chi connectivity index (χ3v) is 2.49. The zero-order valence-corrected chi connectivity index (χ0v) is 8.99. The van der Waals surface area contributed by atoms with Crippen molar-refractivity contribution in [3.05, 3.63) is 11.7 Å². The van der Waals surface area contributed by atoms with Crippen molar-refractivity contribution in [3.63, 3.8) is 0 Å². The number of nitrogens with zero attached hydrogens (tertiary/aromatic N) is 2. The van der Waals surface area contributed by atoms with Gasteiger partial charge in [0.05, 0.1) is 0 Å². The smallest absolute Gasteiger partial charge is 0.226 e. The zero-order chi connectivity index (χ0) is 10.4. The third-order valence-electron chi connectivity index (χ3n) is 2.49. The Labute approximate surface area is 84.9 Å². The van der Waals surface area contributed by atoms with E-state index in [1.54, 1.807) is 0 Å². The number of rotatable bonds is 6. The summed E-state index contributed by atoms with van der Waals surface area (Å²) in [6, 6.07) is 0. The average molecular weight is 197 g/mol. The van der Waals surface area contributed by atoms with Gasteiger partial charge < -0.3 is 10.3 Å². The number of aromatic nitrogens is 2. The maximum atomic E-state index is 5.53. The first-order valence-electron chi connectivity index (χ1n) is 5.25. The fourth-order valence-electron chi connectivity index (χ4n) is 1.56. The van der Waals surface area contributed by atoms with E-state index in [0.29, 0.717) is 11.7 Å². The molecule has 80 valence electrons. The largest absolute Gasteiger partial charge is 0.339 e. The fraction of sp³-hybridized carbons (Fsp3) is 0.800. The Kier molecular flexibility index (Phi) is 4.59. The predicted molar refractivity (Wildman–Crippen MR) is 54.8 cm³/mol. The minimum absolute atomic E-state index is 0.687. The van der Waals surface area contributed by atoms with Crippen molar-refractivity contribution in [1.29, 1.82) is 0 Å². The Bertz CT molecular complexity index is 260. The van der Waals surface area contributed by atoms with Crippen LogP contribution in [0.2, 0.25) is 0 Å². The Morgan fingerprint density at radius 3 is 2.71 bits per heavy atom. The van der Waals surface area contributed by atoms with Gasteiger partial charge in [0.2, 0.25) is 5.89 Å². The van der Waals surface area contributed by atoms with Crippen molar-refractivity contribution >= 4 is 0 Å². The van der Waals surface area contributed by atoms with E-state index in [9.17, 15) is 0 Å². The van der Waals surface area contributed by atoms with E-state index in [4.69, 9.17) is 10.3 Å². The van der Waals surface area contributed by atoms with E-state index < -0.39 is 0 Å². The van der Waals surface area contributed by atoms with E-state index in [2.05, 4.69) is 17.1 Å². The highest BCUT2D eigenvalue weighted by atomic mass is 16.5. The standard InChI is InChI=1S/C10H19N3O/c1-3-9(6-7-11)4-5-10-12-8(2)13-14-10/h9H,3-7,11H2,1-2H3. The topological polar surface area (TPSA) is 64.9 Å². The zero-order valence-electron chi connectivity index (χ0n) is 8.99. The van der Waals surface area contributed by atoms with Crippen LogP contribution in [-0.2, 0) is 6.42 Å². The summed E-state index contributed by atoms with van der Waals surface area (Å²) in [4.78, 5) is 4.17. The molecule has 4 nitrogen and oxygen atoms in total. The lowest BCUT2D eigenvalue weighted by molar-refractivity contribution is 0.351. The van der Waals surface area contributed by atoms with Crippen LogP contribution in [0.25, 0.3) is 0 Å². The van der Waals surface area contributed by atoms with Crippen molar-refractivity contribution in [1.82, 2.24) is 10.1 Å². The van der Waals surface area contributed by atoms with Crippen molar-refractivity contribution < 1.29 is 4.52 Å². The lowest BCUT2D eigenvalue weighted by atomic mass is 9.97. The first kappa shape index (κ1) is 11.2. The van der Waals surface area contributed by atoms with Crippen LogP contribution in [0, 0.1) is 12.8 Å². The number of hydrogen-bond donors (Lipinski definition) is 1. The normalized spacial score (nSPS) is 13.1. The molecule has 0 saturated carbocycles. The highest BCUT2D eigenvalue weighted by Crippen LogP contribution is 2.15. The third kappa shape index (κ3) is 3.46. The van der Waals surface area contributed by atoms with Gasteiger partial charge in [-0.2, -0.15) is 4.98 Å². The van der Waals surface area contributed by atoms with Gasteiger partial charge in [-0.25, -0.2) is 0 Å². The Morgan fingerprint density at radius 1 is 1.43 bits per heavy atom. The van der Waals surface area contributed by atoms with E-state index in [-0.39, 0.29) is 0 Å². The first-order valence-corrected chi connectivity index (χ1v) is 5.25. The average Bonchev–Trinajstić information content (AvgIpc) is 2.59. The molecule has 0 aromatic carbocycles. The molecule has 4 heteroatoms. The number of aryl methyl sites for hydroxylation is 2. The molecule has 0 amide bonds. The van der Waals surface area contributed by atoms with Gasteiger partial charge in [0.25, 0.3) is 0 Å². The lowest BCUT2D eigenvalue weighted by Gasteiger charge is -2.11. The maximum absolute atomic E-state index is 5.53. The van der Waals surface area contributed by atoms with E-state index in [0.717, 1.165) is 31.7 Å². The molecule has 0 fully saturated rings. The van der Waals surface area contributed by atoms with Crippen molar-refractivity contribution in [2.45, 2.75) is 39.5 Å². The minimum atomic E-state index is 0.687. The Balaban J connectivity index is 2.31. The summed E-state index contributed by atoms with van der Waals surface area (Å²) in [6.07, 6.45) is 4.22. The highest BCUT2D eigenvalue weighted by Gasteiger charge is 2.08. The molecule has 2 N–H and O–H groups in total. The molecule has 1 aromatic rings. The molecule has 1 unspecified atom stereocenters. The number of nitrogens with two attached hydrogens (primary N) is 1. The molecule has 0 saturated heterocycles. The summed E-state index contributed by atoms with van der Waals surface area (Å²) in [6.45, 7) is 4.80. The van der Waals surface area contributed by atoms with Crippen LogP contribution in [-0.4, -0.2) is 16.7 Å². The summed E-state index contributed by atoms with van der Waals surface area (Å²) in [5.74, 6) is 2.15. The van der Waals surface area contributed by atoms with Gasteiger partial charge in [-0.05, 0) is 32.2 Å². The molecule has 1 heterocycles. The van der Waals surface area contributed by atoms with E-state index in [1.807, 2.05) is 6.92 Å². The molecular formula is C10H19N3O. The second-order valence-electron chi connectivity index (χ2n) is 3.63. The van der Waals surface area contributed by atoms with Gasteiger partial charge in [-0.3, -0.25) is 0 Å². The molecule has 0 aliphatic heterocycles. The van der Waals surface area contributed by atoms with E-state index in [1.165, 1.54) is 6.42 Å². The molecule has 0 aliphatic carbocycles. The second-order valence-corrected chi connectivity index (χ2v) is 3.63. The summed E-state index contributed by atoms with van der Waals surface area (Å²) in [5, 5.41) is 3.76. The highest BCUT2D eigenvalue weighted by molar-refractivity contribution is 4.83. The molecule has 1 aromatic heterocycles. The first-order chi connectivity index (χ1) is 6.76. The fourth-order valence-corrected chi connectivity index (χ4v) is 1.56. The van der Waals surface area contributed by atoms with Gasteiger partial charge in [0, 0.05) is 6.42 Å². The predicted octanol–water partition coefficient (Wildman–Crippen LogP) is 1.69. The summed E-state index contributed by atoms with van der Waals surface area (Å²) in [7, 11) is 0. The molecule has 0 spiro atoms. The Morgan fingerprint density at radius 2 is 2.21 bits per heavy atom. The number of hydrogen-bond acceptors (Lipinski definition) is 4. The van der Waals surface area contributed by atoms with Crippen LogP contribution in [0.4, 0.5) is 0 Å². The van der Waals surface area contributed by atoms with Gasteiger partial charge in [0.15, 0.2) is 5.82 Å². The SMILES string of the molecule is CCC(CCN)CCc1nc(C)no1. The van der Waals surface area contributed by atoms with Gasteiger partial charge in [-0.1, -0.05) is 18.5 Å². The van der Waals surface area contributed by atoms with Crippen LogP contribution in [0.15, 0.2) is 4.52 Å². The van der Waals surface area contributed by atoms with Crippen LogP contribution >= 0.6 is 0 Å². The van der Waals surface area contributed by atoms with Crippen LogP contribution in [0.5, 0.6) is 0 Å². The molecule has 0 bridgehead atoms. The van der Waals surface area contributed by atoms with Gasteiger partial charge in [0.1, 0.15) is 0 Å². The molecule has 0 aliphatic rings. The Hall–Kier alpha value is -0.900. The lowest BCUT2D eigenvalue weighted by Crippen LogP contribution is -2.09. The molecule has 1 rings (SSSR count). The van der Waals surface area contributed by atoms with Crippen LogP contribution in [0.3, 0.4) is 0 Å². The van der Waals surface area contributed by atoms with Gasteiger partial charge >= 0.3 is 0 Å². The quantitative estimate of drug-likeness (QED) is 0.753. The summed E-state index contributed by atoms with van der Waals surface area (Å²) in [5.41, 5.74) is 5.53. The van der Waals surface area contributed by atoms with Crippen molar-refractivity contribution in [2.75, 3.05) is 6.54 Å². The molecule has 0 radical (unpaired) electrons. The monoisotopic (exact) mass is 197 g/mol. The van der Waals surface area contributed by atoms with Crippen molar-refractivity contribution in [3.8, 4) is 0 Å². The van der Waals surface area contributed by atoms with E-state index >= 15 is 0 Å². The van der Waals surface area contributed by atoms with Crippen LogP contribution in [0.1, 0.15) is 37.9 Å². The summed E-state index contributed by atoms with van der Waals surface area (Å²) >= 11 is 0. The minimum Gasteiger partial charge on any atom is -0.339 e. The van der Waals surface area contributed by atoms with Crippen molar-refractivity contribution in [2.24, 2.45) is 11.7 Å². The molecule has 1 atom stereocenters. The maximum Gasteiger partial charge on any atom is 0.226 e. The van der Waals surface area contributed by atoms with Gasteiger partial charge in [-0.15, -0.1) is 0 Å².